The molecule has 6 heteroatoms. The SMILES string of the molecule is CC(N)(C(=O)Nc1cc2c(cc1Cl)NC(=O)C2)C1CC1. The zero-order chi connectivity index (χ0) is 14.5. The number of halogens is 1. The van der Waals surface area contributed by atoms with E-state index in [9.17, 15) is 9.59 Å². The number of hydrogen-bond acceptors (Lipinski definition) is 3. The second-order valence-electron chi connectivity index (χ2n) is 5.73. The highest BCUT2D eigenvalue weighted by atomic mass is 35.5. The van der Waals surface area contributed by atoms with Crippen LogP contribution in [0, 0.1) is 5.92 Å². The van der Waals surface area contributed by atoms with E-state index in [1.165, 1.54) is 0 Å². The van der Waals surface area contributed by atoms with E-state index in [-0.39, 0.29) is 17.7 Å². The van der Waals surface area contributed by atoms with Crippen molar-refractivity contribution < 1.29 is 9.59 Å². The molecule has 1 atom stereocenters. The molecule has 0 bridgehead atoms. The third-order valence-corrected chi connectivity index (χ3v) is 4.29. The molecule has 0 aromatic heterocycles. The number of carbonyl (C=O) groups is 2. The molecular formula is C14H16ClN3O2. The Morgan fingerprint density at radius 3 is 2.85 bits per heavy atom. The normalized spacial score (nSPS) is 20.1. The van der Waals surface area contributed by atoms with Gasteiger partial charge in [0.2, 0.25) is 11.8 Å². The van der Waals surface area contributed by atoms with Crippen molar-refractivity contribution in [3.63, 3.8) is 0 Å². The van der Waals surface area contributed by atoms with Crippen LogP contribution in [0.5, 0.6) is 0 Å². The Kier molecular flexibility index (Phi) is 2.99. The summed E-state index contributed by atoms with van der Waals surface area (Å²) in [6.07, 6.45) is 2.27. The highest BCUT2D eigenvalue weighted by Crippen LogP contribution is 2.39. The molecule has 106 valence electrons. The van der Waals surface area contributed by atoms with Gasteiger partial charge in [-0.3, -0.25) is 9.59 Å². The summed E-state index contributed by atoms with van der Waals surface area (Å²) in [6.45, 7) is 1.74. The molecule has 1 unspecified atom stereocenters. The summed E-state index contributed by atoms with van der Waals surface area (Å²) in [5, 5.41) is 5.89. The van der Waals surface area contributed by atoms with Crippen molar-refractivity contribution >= 4 is 34.8 Å². The van der Waals surface area contributed by atoms with Crippen LogP contribution in [0.1, 0.15) is 25.3 Å². The fraction of sp³-hybridized carbons (Fsp3) is 0.429. The highest BCUT2D eigenvalue weighted by molar-refractivity contribution is 6.34. The lowest BCUT2D eigenvalue weighted by molar-refractivity contribution is -0.121. The smallest absolute Gasteiger partial charge is 0.244 e. The maximum absolute atomic E-state index is 12.3. The van der Waals surface area contributed by atoms with Crippen LogP contribution in [0.15, 0.2) is 12.1 Å². The summed E-state index contributed by atoms with van der Waals surface area (Å²) >= 11 is 6.14. The number of amides is 2. The predicted octanol–water partition coefficient (Wildman–Crippen LogP) is 1.90. The van der Waals surface area contributed by atoms with Crippen molar-refractivity contribution in [3.8, 4) is 0 Å². The molecule has 2 amide bonds. The second-order valence-corrected chi connectivity index (χ2v) is 6.13. The molecule has 20 heavy (non-hydrogen) atoms. The number of fused-ring (bicyclic) bond motifs is 1. The van der Waals surface area contributed by atoms with Gasteiger partial charge in [0.05, 0.1) is 22.7 Å². The van der Waals surface area contributed by atoms with Crippen molar-refractivity contribution in [2.45, 2.75) is 31.7 Å². The van der Waals surface area contributed by atoms with Crippen LogP contribution in [0.25, 0.3) is 0 Å². The molecule has 1 aliphatic carbocycles. The lowest BCUT2D eigenvalue weighted by Gasteiger charge is -2.23. The van der Waals surface area contributed by atoms with Crippen LogP contribution in [0.3, 0.4) is 0 Å². The van der Waals surface area contributed by atoms with Gasteiger partial charge in [0.1, 0.15) is 0 Å². The van der Waals surface area contributed by atoms with Gasteiger partial charge in [0, 0.05) is 5.69 Å². The number of nitrogens with two attached hydrogens (primary N) is 1. The Morgan fingerprint density at radius 2 is 2.20 bits per heavy atom. The maximum atomic E-state index is 12.3. The largest absolute Gasteiger partial charge is 0.325 e. The average molecular weight is 294 g/mol. The summed E-state index contributed by atoms with van der Waals surface area (Å²) < 4.78 is 0. The molecule has 1 aromatic carbocycles. The fourth-order valence-corrected chi connectivity index (χ4v) is 2.68. The van der Waals surface area contributed by atoms with Crippen LogP contribution < -0.4 is 16.4 Å². The van der Waals surface area contributed by atoms with E-state index < -0.39 is 5.54 Å². The van der Waals surface area contributed by atoms with E-state index in [1.807, 2.05) is 0 Å². The van der Waals surface area contributed by atoms with Crippen molar-refractivity contribution in [1.82, 2.24) is 0 Å². The minimum Gasteiger partial charge on any atom is -0.325 e. The molecular weight excluding hydrogens is 278 g/mol. The second kappa shape index (κ2) is 4.46. The topological polar surface area (TPSA) is 84.2 Å². The molecule has 0 spiro atoms. The third-order valence-electron chi connectivity index (χ3n) is 3.98. The van der Waals surface area contributed by atoms with E-state index in [2.05, 4.69) is 10.6 Å². The van der Waals surface area contributed by atoms with Gasteiger partial charge in [0.15, 0.2) is 0 Å². The third kappa shape index (κ3) is 2.27. The lowest BCUT2D eigenvalue weighted by Crippen LogP contribution is -2.50. The van der Waals surface area contributed by atoms with E-state index in [1.54, 1.807) is 19.1 Å². The molecule has 1 aliphatic heterocycles. The molecule has 2 aliphatic rings. The number of rotatable bonds is 3. The van der Waals surface area contributed by atoms with Gasteiger partial charge < -0.3 is 16.4 Å². The summed E-state index contributed by atoms with van der Waals surface area (Å²) in [7, 11) is 0. The number of nitrogens with one attached hydrogen (secondary N) is 2. The quantitative estimate of drug-likeness (QED) is 0.796. The van der Waals surface area contributed by atoms with Crippen LogP contribution in [-0.2, 0) is 16.0 Å². The first-order chi connectivity index (χ1) is 9.38. The van der Waals surface area contributed by atoms with E-state index in [0.29, 0.717) is 22.8 Å². The number of anilines is 2. The predicted molar refractivity (Wildman–Crippen MR) is 77.7 cm³/mol. The molecule has 1 fully saturated rings. The van der Waals surface area contributed by atoms with Crippen LogP contribution in [0.4, 0.5) is 11.4 Å². The van der Waals surface area contributed by atoms with E-state index >= 15 is 0 Å². The molecule has 1 saturated carbocycles. The molecule has 4 N–H and O–H groups in total. The Bertz CT molecular complexity index is 609. The van der Waals surface area contributed by atoms with Crippen LogP contribution in [0.2, 0.25) is 5.02 Å². The fourth-order valence-electron chi connectivity index (χ4n) is 2.47. The van der Waals surface area contributed by atoms with Crippen molar-refractivity contribution in [2.75, 3.05) is 10.6 Å². The van der Waals surface area contributed by atoms with Gasteiger partial charge in [-0.2, -0.15) is 0 Å². The Labute approximate surface area is 121 Å². The molecule has 5 nitrogen and oxygen atoms in total. The first-order valence-electron chi connectivity index (χ1n) is 6.60. The van der Waals surface area contributed by atoms with Crippen molar-refractivity contribution in [2.24, 2.45) is 11.7 Å². The van der Waals surface area contributed by atoms with Gasteiger partial charge in [-0.1, -0.05) is 11.6 Å². The van der Waals surface area contributed by atoms with Crippen LogP contribution >= 0.6 is 11.6 Å². The maximum Gasteiger partial charge on any atom is 0.244 e. The highest BCUT2D eigenvalue weighted by Gasteiger charge is 2.44. The average Bonchev–Trinajstić information content (AvgIpc) is 3.14. The van der Waals surface area contributed by atoms with Crippen molar-refractivity contribution in [3.05, 3.63) is 22.7 Å². The Balaban J connectivity index is 1.83. The minimum absolute atomic E-state index is 0.0683. The Hall–Kier alpha value is -1.59. The summed E-state index contributed by atoms with van der Waals surface area (Å²) in [6, 6.07) is 3.39. The summed E-state index contributed by atoms with van der Waals surface area (Å²) in [5.41, 5.74) is 7.24. The van der Waals surface area contributed by atoms with Gasteiger partial charge in [-0.25, -0.2) is 0 Å². The molecule has 1 aromatic rings. The first kappa shape index (κ1) is 13.4. The number of benzene rings is 1. The first-order valence-corrected chi connectivity index (χ1v) is 6.98. The van der Waals surface area contributed by atoms with Gasteiger partial charge in [-0.15, -0.1) is 0 Å². The van der Waals surface area contributed by atoms with Gasteiger partial charge >= 0.3 is 0 Å². The van der Waals surface area contributed by atoms with Crippen LogP contribution in [-0.4, -0.2) is 17.4 Å². The van der Waals surface area contributed by atoms with E-state index in [4.69, 9.17) is 17.3 Å². The minimum atomic E-state index is -0.879. The summed E-state index contributed by atoms with van der Waals surface area (Å²) in [5.74, 6) is -0.0701. The molecule has 0 radical (unpaired) electrons. The lowest BCUT2D eigenvalue weighted by atomic mass is 9.96. The zero-order valence-corrected chi connectivity index (χ0v) is 11.9. The number of carbonyl (C=O) groups excluding carboxylic acids is 2. The zero-order valence-electron chi connectivity index (χ0n) is 11.1. The monoisotopic (exact) mass is 293 g/mol. The van der Waals surface area contributed by atoms with E-state index in [0.717, 1.165) is 18.4 Å². The van der Waals surface area contributed by atoms with Gasteiger partial charge in [-0.05, 0) is 43.4 Å². The number of hydrogen-bond donors (Lipinski definition) is 3. The Morgan fingerprint density at radius 1 is 1.50 bits per heavy atom. The summed E-state index contributed by atoms with van der Waals surface area (Å²) in [4.78, 5) is 23.6. The molecule has 3 rings (SSSR count). The standard InChI is InChI=1S/C14H16ClN3O2/c1-14(16,8-2-3-8)13(20)18-11-4-7-5-12(19)17-10(7)6-9(11)15/h4,6,8H,2-3,5,16H2,1H3,(H,17,19)(H,18,20). The molecule has 0 saturated heterocycles. The van der Waals surface area contributed by atoms with Crippen molar-refractivity contribution in [1.29, 1.82) is 0 Å². The molecule has 1 heterocycles. The van der Waals surface area contributed by atoms with Gasteiger partial charge in [0.25, 0.3) is 0 Å².